The molecule has 0 radical (unpaired) electrons. The zero-order valence-electron chi connectivity index (χ0n) is 8.62. The van der Waals surface area contributed by atoms with Crippen LogP contribution in [0.1, 0.15) is 13.3 Å². The molecule has 0 N–H and O–H groups in total. The largest absolute Gasteiger partial charge is 0.468 e. The van der Waals surface area contributed by atoms with Gasteiger partial charge < -0.3 is 9.47 Å². The number of nitrogens with zero attached hydrogens (tertiary/aromatic N) is 2. The normalized spacial score (nSPS) is 11.2. The van der Waals surface area contributed by atoms with Crippen molar-refractivity contribution in [1.29, 1.82) is 0 Å². The fraction of sp³-hybridized carbons (Fsp3) is 0.556. The van der Waals surface area contributed by atoms with Gasteiger partial charge in [0.05, 0.1) is 6.61 Å². The Bertz CT molecular complexity index is 331. The maximum Gasteiger partial charge on any atom is 0.422 e. The summed E-state index contributed by atoms with van der Waals surface area (Å²) in [6, 6.07) is 1.26. The first kappa shape index (κ1) is 12.5. The van der Waals surface area contributed by atoms with Crippen LogP contribution in [0.4, 0.5) is 13.2 Å². The van der Waals surface area contributed by atoms with Gasteiger partial charge in [-0.25, -0.2) is 4.98 Å². The number of hydrogen-bond acceptors (Lipinski definition) is 4. The minimum Gasteiger partial charge on any atom is -0.468 e. The van der Waals surface area contributed by atoms with Crippen molar-refractivity contribution in [3.8, 4) is 11.9 Å². The molecule has 1 rings (SSSR count). The molecule has 0 aliphatic carbocycles. The van der Waals surface area contributed by atoms with Gasteiger partial charge in [-0.1, -0.05) is 6.92 Å². The van der Waals surface area contributed by atoms with Gasteiger partial charge in [-0.15, -0.1) is 0 Å². The average molecular weight is 236 g/mol. The second-order valence-electron chi connectivity index (χ2n) is 2.93. The van der Waals surface area contributed by atoms with E-state index in [0.29, 0.717) is 6.61 Å². The van der Waals surface area contributed by atoms with Crippen LogP contribution in [0.25, 0.3) is 0 Å². The molecule has 0 atom stereocenters. The Labute approximate surface area is 90.4 Å². The van der Waals surface area contributed by atoms with Gasteiger partial charge in [0.25, 0.3) is 0 Å². The summed E-state index contributed by atoms with van der Waals surface area (Å²) in [7, 11) is 0. The van der Waals surface area contributed by atoms with Crippen molar-refractivity contribution in [2.45, 2.75) is 19.5 Å². The summed E-state index contributed by atoms with van der Waals surface area (Å²) in [6.07, 6.45) is -2.34. The van der Waals surface area contributed by atoms with E-state index in [9.17, 15) is 13.2 Å². The van der Waals surface area contributed by atoms with Gasteiger partial charge >= 0.3 is 12.2 Å². The lowest BCUT2D eigenvalue weighted by Gasteiger charge is -2.08. The Balaban J connectivity index is 2.53. The lowest BCUT2D eigenvalue weighted by atomic mass is 10.5. The van der Waals surface area contributed by atoms with Crippen molar-refractivity contribution in [2.24, 2.45) is 0 Å². The first-order chi connectivity index (χ1) is 7.51. The molecule has 1 heterocycles. The molecule has 0 aromatic carbocycles. The molecule has 7 heteroatoms. The SMILES string of the molecule is CCCOc1nccc(OCC(F)(F)F)n1. The van der Waals surface area contributed by atoms with Gasteiger partial charge in [0, 0.05) is 12.3 Å². The summed E-state index contributed by atoms with van der Waals surface area (Å²) in [6.45, 7) is 0.921. The van der Waals surface area contributed by atoms with E-state index >= 15 is 0 Å². The molecule has 0 aliphatic heterocycles. The molecule has 0 saturated carbocycles. The highest BCUT2D eigenvalue weighted by Crippen LogP contribution is 2.17. The van der Waals surface area contributed by atoms with Crippen molar-refractivity contribution in [3.05, 3.63) is 12.3 Å². The van der Waals surface area contributed by atoms with Crippen LogP contribution in [-0.4, -0.2) is 29.4 Å². The van der Waals surface area contributed by atoms with Gasteiger partial charge in [-0.3, -0.25) is 0 Å². The highest BCUT2D eigenvalue weighted by molar-refractivity contribution is 5.11. The third kappa shape index (κ3) is 4.81. The minimum absolute atomic E-state index is 0.0153. The molecule has 16 heavy (non-hydrogen) atoms. The van der Waals surface area contributed by atoms with E-state index in [2.05, 4.69) is 14.7 Å². The van der Waals surface area contributed by atoms with Crippen LogP contribution in [-0.2, 0) is 0 Å². The van der Waals surface area contributed by atoms with Crippen molar-refractivity contribution < 1.29 is 22.6 Å². The monoisotopic (exact) mass is 236 g/mol. The molecule has 0 aliphatic rings. The summed E-state index contributed by atoms with van der Waals surface area (Å²) < 4.78 is 45.0. The maximum absolute atomic E-state index is 11.8. The molecule has 0 unspecified atom stereocenters. The Kier molecular flexibility index (Phi) is 4.33. The first-order valence-electron chi connectivity index (χ1n) is 4.66. The van der Waals surface area contributed by atoms with E-state index in [1.54, 1.807) is 0 Å². The van der Waals surface area contributed by atoms with Crippen LogP contribution in [0, 0.1) is 0 Å². The fourth-order valence-electron chi connectivity index (χ4n) is 0.824. The standard InChI is InChI=1S/C9H11F3N2O2/c1-2-5-15-8-13-4-3-7(14-8)16-6-9(10,11)12/h3-4H,2,5-6H2,1H3. The number of rotatable bonds is 5. The predicted molar refractivity (Wildman–Crippen MR) is 49.4 cm³/mol. The Hall–Kier alpha value is -1.53. The average Bonchev–Trinajstić information content (AvgIpc) is 2.23. The summed E-state index contributed by atoms with van der Waals surface area (Å²) in [5.41, 5.74) is 0. The summed E-state index contributed by atoms with van der Waals surface area (Å²) in [5, 5.41) is 0. The van der Waals surface area contributed by atoms with E-state index in [1.165, 1.54) is 12.3 Å². The molecular weight excluding hydrogens is 225 g/mol. The van der Waals surface area contributed by atoms with E-state index < -0.39 is 12.8 Å². The topological polar surface area (TPSA) is 44.2 Å². The van der Waals surface area contributed by atoms with Gasteiger partial charge in [0.2, 0.25) is 5.88 Å². The van der Waals surface area contributed by atoms with E-state index in [0.717, 1.165) is 6.42 Å². The molecule has 1 aromatic heterocycles. The quantitative estimate of drug-likeness (QED) is 0.786. The highest BCUT2D eigenvalue weighted by atomic mass is 19.4. The van der Waals surface area contributed by atoms with Crippen LogP contribution in [0.2, 0.25) is 0 Å². The van der Waals surface area contributed by atoms with E-state index in [-0.39, 0.29) is 11.9 Å². The van der Waals surface area contributed by atoms with Crippen molar-refractivity contribution in [3.63, 3.8) is 0 Å². The highest BCUT2D eigenvalue weighted by Gasteiger charge is 2.28. The Morgan fingerprint density at radius 1 is 1.31 bits per heavy atom. The van der Waals surface area contributed by atoms with Gasteiger partial charge in [-0.2, -0.15) is 18.2 Å². The summed E-state index contributed by atoms with van der Waals surface area (Å²) >= 11 is 0. The lowest BCUT2D eigenvalue weighted by molar-refractivity contribution is -0.154. The molecule has 0 spiro atoms. The molecule has 0 saturated heterocycles. The lowest BCUT2D eigenvalue weighted by Crippen LogP contribution is -2.19. The zero-order valence-corrected chi connectivity index (χ0v) is 8.62. The molecule has 0 amide bonds. The minimum atomic E-state index is -4.38. The maximum atomic E-state index is 11.8. The van der Waals surface area contributed by atoms with Crippen molar-refractivity contribution in [1.82, 2.24) is 9.97 Å². The van der Waals surface area contributed by atoms with Crippen LogP contribution < -0.4 is 9.47 Å². The van der Waals surface area contributed by atoms with E-state index in [4.69, 9.17) is 4.74 Å². The van der Waals surface area contributed by atoms with Gasteiger partial charge in [-0.05, 0) is 6.42 Å². The Morgan fingerprint density at radius 2 is 2.06 bits per heavy atom. The number of halogens is 3. The third-order valence-corrected chi connectivity index (χ3v) is 1.43. The Morgan fingerprint density at radius 3 is 2.69 bits per heavy atom. The van der Waals surface area contributed by atoms with Crippen LogP contribution >= 0.6 is 0 Å². The van der Waals surface area contributed by atoms with Crippen molar-refractivity contribution in [2.75, 3.05) is 13.2 Å². The number of hydrogen-bond donors (Lipinski definition) is 0. The second kappa shape index (κ2) is 5.53. The summed E-state index contributed by atoms with van der Waals surface area (Å²) in [5.74, 6) is -0.154. The molecule has 0 bridgehead atoms. The molecule has 90 valence electrons. The van der Waals surface area contributed by atoms with Crippen molar-refractivity contribution >= 4 is 0 Å². The number of alkyl halides is 3. The molecular formula is C9H11F3N2O2. The van der Waals surface area contributed by atoms with Crippen LogP contribution in [0.3, 0.4) is 0 Å². The van der Waals surface area contributed by atoms with Gasteiger partial charge in [0.15, 0.2) is 6.61 Å². The molecule has 0 fully saturated rings. The van der Waals surface area contributed by atoms with Crippen LogP contribution in [0.15, 0.2) is 12.3 Å². The molecule has 4 nitrogen and oxygen atoms in total. The number of aromatic nitrogens is 2. The number of ether oxygens (including phenoxy) is 2. The predicted octanol–water partition coefficient (Wildman–Crippen LogP) is 2.21. The van der Waals surface area contributed by atoms with Crippen LogP contribution in [0.5, 0.6) is 11.9 Å². The fourth-order valence-corrected chi connectivity index (χ4v) is 0.824. The van der Waals surface area contributed by atoms with E-state index in [1.807, 2.05) is 6.92 Å². The smallest absolute Gasteiger partial charge is 0.422 e. The summed E-state index contributed by atoms with van der Waals surface area (Å²) in [4.78, 5) is 7.38. The second-order valence-corrected chi connectivity index (χ2v) is 2.93. The van der Waals surface area contributed by atoms with Gasteiger partial charge in [0.1, 0.15) is 0 Å². The first-order valence-corrected chi connectivity index (χ1v) is 4.66. The molecule has 1 aromatic rings. The zero-order chi connectivity index (χ0) is 12.0. The third-order valence-electron chi connectivity index (χ3n) is 1.43.